The molecule has 0 atom stereocenters. The van der Waals surface area contributed by atoms with Crippen molar-refractivity contribution in [1.82, 2.24) is 20.7 Å². The lowest BCUT2D eigenvalue weighted by molar-refractivity contribution is 0.160. The average Bonchev–Trinajstić information content (AvgIpc) is 3.17. The Kier molecular flexibility index (Phi) is 7.56. The molecule has 0 unspecified atom stereocenters. The number of piperidine rings is 1. The molecular formula is C21H37N5O. The number of aromatic nitrogens is 1. The van der Waals surface area contributed by atoms with Crippen LogP contribution in [0.2, 0.25) is 0 Å². The van der Waals surface area contributed by atoms with Crippen molar-refractivity contribution in [2.75, 3.05) is 26.7 Å². The first-order chi connectivity index (χ1) is 13.1. The van der Waals surface area contributed by atoms with E-state index in [-0.39, 0.29) is 0 Å². The molecule has 27 heavy (non-hydrogen) atoms. The Hall–Kier alpha value is -1.56. The number of guanidine groups is 1. The second-order valence-electron chi connectivity index (χ2n) is 8.52. The third-order valence-electron chi connectivity index (χ3n) is 5.99. The van der Waals surface area contributed by atoms with E-state index in [0.29, 0.717) is 18.5 Å². The summed E-state index contributed by atoms with van der Waals surface area (Å²) in [5.41, 5.74) is 1.00. The minimum absolute atomic E-state index is 0.388. The molecule has 1 aliphatic heterocycles. The van der Waals surface area contributed by atoms with Crippen molar-refractivity contribution in [2.24, 2.45) is 10.9 Å². The minimum Gasteiger partial charge on any atom is -0.359 e. The van der Waals surface area contributed by atoms with Gasteiger partial charge in [-0.25, -0.2) is 0 Å². The Morgan fingerprint density at radius 3 is 2.59 bits per heavy atom. The van der Waals surface area contributed by atoms with E-state index in [2.05, 4.69) is 39.5 Å². The molecule has 152 valence electrons. The number of aliphatic imine (C=N–C) groups is 1. The highest BCUT2D eigenvalue weighted by Gasteiger charge is 2.23. The van der Waals surface area contributed by atoms with Crippen LogP contribution < -0.4 is 10.6 Å². The predicted molar refractivity (Wildman–Crippen MR) is 110 cm³/mol. The standard InChI is InChI=1S/C21H37N5O/c1-16(2)20-13-19(27-25-20)14-23-21(22-3)24-18-9-11-26(12-10-18)15-17-7-5-4-6-8-17/h13,16-18H,4-12,14-15H2,1-3H3,(H2,22,23,24). The van der Waals surface area contributed by atoms with Crippen molar-refractivity contribution >= 4 is 5.96 Å². The van der Waals surface area contributed by atoms with Gasteiger partial charge in [-0.05, 0) is 37.5 Å². The van der Waals surface area contributed by atoms with E-state index >= 15 is 0 Å². The average molecular weight is 376 g/mol. The molecule has 1 aromatic rings. The number of rotatable bonds is 6. The highest BCUT2D eigenvalue weighted by atomic mass is 16.5. The zero-order valence-corrected chi connectivity index (χ0v) is 17.3. The van der Waals surface area contributed by atoms with Gasteiger partial charge in [0.2, 0.25) is 0 Å². The molecule has 0 radical (unpaired) electrons. The van der Waals surface area contributed by atoms with Crippen LogP contribution >= 0.6 is 0 Å². The molecule has 0 bridgehead atoms. The van der Waals surface area contributed by atoms with Crippen LogP contribution in [-0.2, 0) is 6.54 Å². The van der Waals surface area contributed by atoms with Crippen LogP contribution in [-0.4, -0.2) is 48.7 Å². The van der Waals surface area contributed by atoms with Gasteiger partial charge in [0.05, 0.1) is 12.2 Å². The maximum atomic E-state index is 5.40. The van der Waals surface area contributed by atoms with Gasteiger partial charge in [-0.1, -0.05) is 38.3 Å². The first-order valence-electron chi connectivity index (χ1n) is 10.8. The van der Waals surface area contributed by atoms with Crippen LogP contribution in [0.1, 0.15) is 76.2 Å². The summed E-state index contributed by atoms with van der Waals surface area (Å²) in [6.07, 6.45) is 9.58. The first-order valence-corrected chi connectivity index (χ1v) is 10.8. The number of hydrogen-bond donors (Lipinski definition) is 2. The summed E-state index contributed by atoms with van der Waals surface area (Å²) in [4.78, 5) is 7.04. The Balaban J connectivity index is 1.37. The molecule has 6 heteroatoms. The maximum Gasteiger partial charge on any atom is 0.191 e. The van der Waals surface area contributed by atoms with Crippen LogP contribution in [0, 0.1) is 5.92 Å². The lowest BCUT2D eigenvalue weighted by Crippen LogP contribution is -2.49. The van der Waals surface area contributed by atoms with Gasteiger partial charge in [-0.3, -0.25) is 4.99 Å². The van der Waals surface area contributed by atoms with Gasteiger partial charge in [-0.15, -0.1) is 0 Å². The number of nitrogens with one attached hydrogen (secondary N) is 2. The lowest BCUT2D eigenvalue weighted by atomic mass is 9.88. The van der Waals surface area contributed by atoms with E-state index in [0.717, 1.165) is 23.3 Å². The molecule has 0 spiro atoms. The van der Waals surface area contributed by atoms with Gasteiger partial charge >= 0.3 is 0 Å². The van der Waals surface area contributed by atoms with Gasteiger partial charge in [0.1, 0.15) is 0 Å². The third-order valence-corrected chi connectivity index (χ3v) is 5.99. The zero-order chi connectivity index (χ0) is 19.1. The Bertz CT molecular complexity index is 583. The van der Waals surface area contributed by atoms with Crippen molar-refractivity contribution < 1.29 is 4.52 Å². The summed E-state index contributed by atoms with van der Waals surface area (Å²) in [5.74, 6) is 3.03. The Labute approximate surface area is 164 Å². The Morgan fingerprint density at radius 2 is 1.96 bits per heavy atom. The third kappa shape index (κ3) is 6.23. The smallest absolute Gasteiger partial charge is 0.191 e. The van der Waals surface area contributed by atoms with E-state index in [1.807, 2.05) is 13.1 Å². The largest absolute Gasteiger partial charge is 0.359 e. The summed E-state index contributed by atoms with van der Waals surface area (Å²) < 4.78 is 5.40. The van der Waals surface area contributed by atoms with Crippen LogP contribution in [0.5, 0.6) is 0 Å². The van der Waals surface area contributed by atoms with E-state index < -0.39 is 0 Å². The fraction of sp³-hybridized carbons (Fsp3) is 0.810. The fourth-order valence-electron chi connectivity index (χ4n) is 4.24. The van der Waals surface area contributed by atoms with Crippen LogP contribution in [0.15, 0.2) is 15.6 Å². The highest BCUT2D eigenvalue weighted by Crippen LogP contribution is 2.25. The first kappa shape index (κ1) is 20.2. The molecule has 1 aromatic heterocycles. The quantitative estimate of drug-likeness (QED) is 0.588. The molecule has 2 aliphatic rings. The minimum atomic E-state index is 0.388. The highest BCUT2D eigenvalue weighted by molar-refractivity contribution is 5.79. The van der Waals surface area contributed by atoms with Gasteiger partial charge in [0, 0.05) is 38.8 Å². The van der Waals surface area contributed by atoms with Gasteiger partial charge in [0.15, 0.2) is 11.7 Å². The number of nitrogens with zero attached hydrogens (tertiary/aromatic N) is 3. The molecule has 1 aliphatic carbocycles. The topological polar surface area (TPSA) is 65.7 Å². The molecule has 2 heterocycles. The van der Waals surface area contributed by atoms with Crippen LogP contribution in [0.25, 0.3) is 0 Å². The fourth-order valence-corrected chi connectivity index (χ4v) is 4.24. The zero-order valence-electron chi connectivity index (χ0n) is 17.3. The van der Waals surface area contributed by atoms with Crippen molar-refractivity contribution in [2.45, 2.75) is 77.3 Å². The summed E-state index contributed by atoms with van der Waals surface area (Å²) in [6.45, 7) is 8.56. The summed E-state index contributed by atoms with van der Waals surface area (Å²) >= 11 is 0. The molecule has 2 N–H and O–H groups in total. The molecule has 1 saturated heterocycles. The van der Waals surface area contributed by atoms with Gasteiger partial charge < -0.3 is 20.1 Å². The summed E-state index contributed by atoms with van der Waals surface area (Å²) in [5, 5.41) is 11.0. The second-order valence-corrected chi connectivity index (χ2v) is 8.52. The molecule has 1 saturated carbocycles. The van der Waals surface area contributed by atoms with Crippen molar-refractivity contribution in [3.8, 4) is 0 Å². The van der Waals surface area contributed by atoms with E-state index in [9.17, 15) is 0 Å². The van der Waals surface area contributed by atoms with Crippen molar-refractivity contribution in [3.63, 3.8) is 0 Å². The van der Waals surface area contributed by atoms with Gasteiger partial charge in [-0.2, -0.15) is 0 Å². The molecule has 0 aromatic carbocycles. The lowest BCUT2D eigenvalue weighted by Gasteiger charge is -2.36. The molecule has 3 rings (SSSR count). The molecular weight excluding hydrogens is 338 g/mol. The monoisotopic (exact) mass is 375 g/mol. The maximum absolute atomic E-state index is 5.40. The number of hydrogen-bond acceptors (Lipinski definition) is 4. The van der Waals surface area contributed by atoms with E-state index in [1.54, 1.807) is 0 Å². The number of likely N-dealkylation sites (tertiary alicyclic amines) is 1. The van der Waals surface area contributed by atoms with E-state index in [4.69, 9.17) is 4.52 Å². The SMILES string of the molecule is CN=C(NCc1cc(C(C)C)no1)NC1CCN(CC2CCCCC2)CC1. The molecule has 0 amide bonds. The van der Waals surface area contributed by atoms with Crippen LogP contribution in [0.4, 0.5) is 0 Å². The predicted octanol–water partition coefficient (Wildman–Crippen LogP) is 3.51. The summed E-state index contributed by atoms with van der Waals surface area (Å²) in [7, 11) is 1.83. The van der Waals surface area contributed by atoms with Crippen LogP contribution in [0.3, 0.4) is 0 Å². The molecule has 6 nitrogen and oxygen atoms in total. The van der Waals surface area contributed by atoms with Crippen molar-refractivity contribution in [3.05, 3.63) is 17.5 Å². The summed E-state index contributed by atoms with van der Waals surface area (Å²) in [6, 6.07) is 2.52. The van der Waals surface area contributed by atoms with Crippen molar-refractivity contribution in [1.29, 1.82) is 0 Å². The van der Waals surface area contributed by atoms with Gasteiger partial charge in [0.25, 0.3) is 0 Å². The second kappa shape index (κ2) is 10.1. The van der Waals surface area contributed by atoms with E-state index in [1.165, 1.54) is 64.6 Å². The molecule has 2 fully saturated rings. The Morgan fingerprint density at radius 1 is 1.22 bits per heavy atom. The normalized spacial score (nSPS) is 21.0.